The lowest BCUT2D eigenvalue weighted by atomic mass is 9.96. The summed E-state index contributed by atoms with van der Waals surface area (Å²) in [5.41, 5.74) is 3.13. The quantitative estimate of drug-likeness (QED) is 0.619. The Morgan fingerprint density at radius 3 is 1.77 bits per heavy atom. The summed E-state index contributed by atoms with van der Waals surface area (Å²) in [6.07, 6.45) is 2.39. The van der Waals surface area contributed by atoms with E-state index in [1.807, 2.05) is 6.92 Å². The van der Waals surface area contributed by atoms with E-state index in [0.717, 1.165) is 18.4 Å². The van der Waals surface area contributed by atoms with E-state index in [1.165, 1.54) is 12.8 Å². The van der Waals surface area contributed by atoms with Crippen LogP contribution >= 0.6 is 0 Å². The Morgan fingerprint density at radius 1 is 1.00 bits per heavy atom. The standard InChI is InChI=1S/C11H25NO/c1-6-13-12-11(7-9(2)3)8-10(4)5/h9-12H,6-8H2,1-5H3. The molecule has 0 fully saturated rings. The van der Waals surface area contributed by atoms with Crippen LogP contribution in [0.5, 0.6) is 0 Å². The topological polar surface area (TPSA) is 21.3 Å². The molecule has 2 heteroatoms. The second-order valence-corrected chi connectivity index (χ2v) is 4.51. The summed E-state index contributed by atoms with van der Waals surface area (Å²) in [6, 6.07) is 0.514. The highest BCUT2D eigenvalue weighted by atomic mass is 16.6. The first kappa shape index (κ1) is 12.9. The first-order chi connectivity index (χ1) is 6.06. The number of hydrogen-bond acceptors (Lipinski definition) is 2. The summed E-state index contributed by atoms with van der Waals surface area (Å²) >= 11 is 0. The highest BCUT2D eigenvalue weighted by Crippen LogP contribution is 2.12. The molecule has 0 aliphatic carbocycles. The van der Waals surface area contributed by atoms with Crippen molar-refractivity contribution in [3.8, 4) is 0 Å². The van der Waals surface area contributed by atoms with E-state index in [0.29, 0.717) is 6.04 Å². The number of hydroxylamine groups is 1. The van der Waals surface area contributed by atoms with Crippen molar-refractivity contribution >= 4 is 0 Å². The Hall–Kier alpha value is -0.0800. The van der Waals surface area contributed by atoms with Gasteiger partial charge in [0.1, 0.15) is 0 Å². The summed E-state index contributed by atoms with van der Waals surface area (Å²) < 4.78 is 0. The zero-order valence-corrected chi connectivity index (χ0v) is 9.76. The van der Waals surface area contributed by atoms with Crippen LogP contribution in [0.4, 0.5) is 0 Å². The van der Waals surface area contributed by atoms with Crippen LogP contribution in [0.1, 0.15) is 47.5 Å². The summed E-state index contributed by atoms with van der Waals surface area (Å²) in [5.74, 6) is 1.47. The lowest BCUT2D eigenvalue weighted by molar-refractivity contribution is 0.0141. The Balaban J connectivity index is 3.73. The fraction of sp³-hybridized carbons (Fsp3) is 1.00. The molecule has 2 nitrogen and oxygen atoms in total. The van der Waals surface area contributed by atoms with Gasteiger partial charge in [-0.05, 0) is 31.6 Å². The number of nitrogens with one attached hydrogen (secondary N) is 1. The molecule has 0 amide bonds. The second-order valence-electron chi connectivity index (χ2n) is 4.51. The van der Waals surface area contributed by atoms with Crippen molar-refractivity contribution in [2.75, 3.05) is 6.61 Å². The molecule has 80 valence electrons. The van der Waals surface area contributed by atoms with Gasteiger partial charge >= 0.3 is 0 Å². The Kier molecular flexibility index (Phi) is 7.29. The molecular weight excluding hydrogens is 162 g/mol. The van der Waals surface area contributed by atoms with E-state index in [-0.39, 0.29) is 0 Å². The van der Waals surface area contributed by atoms with Crippen molar-refractivity contribution in [3.63, 3.8) is 0 Å². The smallest absolute Gasteiger partial charge is 0.0654 e. The van der Waals surface area contributed by atoms with Crippen LogP contribution < -0.4 is 5.48 Å². The predicted octanol–water partition coefficient (Wildman–Crippen LogP) is 2.99. The molecule has 0 saturated heterocycles. The molecule has 0 bridgehead atoms. The average Bonchev–Trinajstić information content (AvgIpc) is 1.98. The second kappa shape index (κ2) is 7.34. The summed E-state index contributed by atoms with van der Waals surface area (Å²) in [6.45, 7) is 11.8. The zero-order valence-electron chi connectivity index (χ0n) is 9.76. The van der Waals surface area contributed by atoms with Gasteiger partial charge in [-0.2, -0.15) is 5.48 Å². The summed E-state index contributed by atoms with van der Waals surface area (Å²) in [4.78, 5) is 5.25. The van der Waals surface area contributed by atoms with Crippen LogP contribution in [-0.4, -0.2) is 12.6 Å². The van der Waals surface area contributed by atoms with E-state index in [1.54, 1.807) is 0 Å². The molecule has 0 heterocycles. The molecule has 13 heavy (non-hydrogen) atoms. The van der Waals surface area contributed by atoms with Crippen LogP contribution in [0, 0.1) is 11.8 Å². The highest BCUT2D eigenvalue weighted by molar-refractivity contribution is 4.66. The van der Waals surface area contributed by atoms with Gasteiger partial charge in [0.05, 0.1) is 6.61 Å². The Labute approximate surface area is 83.0 Å². The minimum atomic E-state index is 0.514. The third-order valence-electron chi connectivity index (χ3n) is 1.91. The highest BCUT2D eigenvalue weighted by Gasteiger charge is 2.12. The summed E-state index contributed by atoms with van der Waals surface area (Å²) in [7, 11) is 0. The van der Waals surface area contributed by atoms with Gasteiger partial charge in [0.25, 0.3) is 0 Å². The number of rotatable bonds is 7. The van der Waals surface area contributed by atoms with Crippen LogP contribution in [0.25, 0.3) is 0 Å². The van der Waals surface area contributed by atoms with E-state index >= 15 is 0 Å². The number of hydrogen-bond donors (Lipinski definition) is 1. The normalized spacial score (nSPS) is 12.0. The van der Waals surface area contributed by atoms with Crippen molar-refractivity contribution in [1.29, 1.82) is 0 Å². The van der Waals surface area contributed by atoms with Crippen LogP contribution in [0.15, 0.2) is 0 Å². The fourth-order valence-corrected chi connectivity index (χ4v) is 1.53. The SMILES string of the molecule is CCONC(CC(C)C)CC(C)C. The molecule has 0 aromatic heterocycles. The first-order valence-corrected chi connectivity index (χ1v) is 5.43. The maximum absolute atomic E-state index is 5.25. The van der Waals surface area contributed by atoms with Gasteiger partial charge < -0.3 is 4.84 Å². The molecule has 0 atom stereocenters. The molecule has 0 aromatic rings. The minimum absolute atomic E-state index is 0.514. The van der Waals surface area contributed by atoms with Gasteiger partial charge in [0.15, 0.2) is 0 Å². The first-order valence-electron chi connectivity index (χ1n) is 5.43. The molecule has 0 saturated carbocycles. The van der Waals surface area contributed by atoms with E-state index < -0.39 is 0 Å². The van der Waals surface area contributed by atoms with Gasteiger partial charge in [-0.1, -0.05) is 27.7 Å². The predicted molar refractivity (Wildman–Crippen MR) is 57.5 cm³/mol. The molecule has 1 N–H and O–H groups in total. The molecule has 0 aliphatic heterocycles. The molecule has 0 unspecified atom stereocenters. The Morgan fingerprint density at radius 2 is 1.46 bits per heavy atom. The third kappa shape index (κ3) is 8.26. The molecular formula is C11H25NO. The zero-order chi connectivity index (χ0) is 10.3. The lowest BCUT2D eigenvalue weighted by Crippen LogP contribution is -2.31. The van der Waals surface area contributed by atoms with Gasteiger partial charge in [0, 0.05) is 6.04 Å². The molecule has 0 aromatic carbocycles. The monoisotopic (exact) mass is 187 g/mol. The van der Waals surface area contributed by atoms with E-state index in [2.05, 4.69) is 33.2 Å². The van der Waals surface area contributed by atoms with Gasteiger partial charge in [-0.25, -0.2) is 0 Å². The van der Waals surface area contributed by atoms with Crippen LogP contribution in [-0.2, 0) is 4.84 Å². The van der Waals surface area contributed by atoms with Crippen LogP contribution in [0.3, 0.4) is 0 Å². The van der Waals surface area contributed by atoms with E-state index in [9.17, 15) is 0 Å². The molecule has 0 radical (unpaired) electrons. The summed E-state index contributed by atoms with van der Waals surface area (Å²) in [5, 5.41) is 0. The lowest BCUT2D eigenvalue weighted by Gasteiger charge is -2.21. The van der Waals surface area contributed by atoms with Crippen molar-refractivity contribution in [3.05, 3.63) is 0 Å². The van der Waals surface area contributed by atoms with Crippen molar-refractivity contribution in [2.45, 2.75) is 53.5 Å². The van der Waals surface area contributed by atoms with Crippen molar-refractivity contribution in [1.82, 2.24) is 5.48 Å². The minimum Gasteiger partial charge on any atom is -0.302 e. The molecule has 0 spiro atoms. The largest absolute Gasteiger partial charge is 0.302 e. The fourth-order valence-electron chi connectivity index (χ4n) is 1.53. The van der Waals surface area contributed by atoms with Gasteiger partial charge in [-0.3, -0.25) is 0 Å². The van der Waals surface area contributed by atoms with Crippen LogP contribution in [0.2, 0.25) is 0 Å². The van der Waals surface area contributed by atoms with Gasteiger partial charge in [0.2, 0.25) is 0 Å². The average molecular weight is 187 g/mol. The maximum Gasteiger partial charge on any atom is 0.0654 e. The van der Waals surface area contributed by atoms with Crippen molar-refractivity contribution < 1.29 is 4.84 Å². The maximum atomic E-state index is 5.25. The third-order valence-corrected chi connectivity index (χ3v) is 1.91. The van der Waals surface area contributed by atoms with Gasteiger partial charge in [-0.15, -0.1) is 0 Å². The Bertz CT molecular complexity index is 103. The molecule has 0 rings (SSSR count). The van der Waals surface area contributed by atoms with Crippen molar-refractivity contribution in [2.24, 2.45) is 11.8 Å². The molecule has 0 aliphatic rings. The van der Waals surface area contributed by atoms with E-state index in [4.69, 9.17) is 4.84 Å².